The molecular formula is C13H15N3O2. The Morgan fingerprint density at radius 2 is 2.44 bits per heavy atom. The molecule has 0 saturated carbocycles. The van der Waals surface area contributed by atoms with Crippen molar-refractivity contribution in [2.45, 2.75) is 18.9 Å². The average Bonchev–Trinajstić information content (AvgIpc) is 2.39. The fourth-order valence-corrected chi connectivity index (χ4v) is 2.00. The molecule has 5 heteroatoms. The molecule has 1 atom stereocenters. The zero-order valence-corrected chi connectivity index (χ0v) is 10.2. The molecule has 1 aliphatic heterocycles. The van der Waals surface area contributed by atoms with E-state index in [1.165, 1.54) is 0 Å². The maximum Gasteiger partial charge on any atom is 0.262 e. The van der Waals surface area contributed by atoms with Crippen molar-refractivity contribution in [3.05, 3.63) is 23.8 Å². The van der Waals surface area contributed by atoms with Crippen molar-refractivity contribution < 1.29 is 9.53 Å². The van der Waals surface area contributed by atoms with Crippen LogP contribution in [0.1, 0.15) is 24.4 Å². The summed E-state index contributed by atoms with van der Waals surface area (Å²) in [7, 11) is 1.86. The fourth-order valence-electron chi connectivity index (χ4n) is 2.00. The van der Waals surface area contributed by atoms with Gasteiger partial charge in [0.2, 0.25) is 0 Å². The van der Waals surface area contributed by atoms with Crippen LogP contribution in [0.3, 0.4) is 0 Å². The lowest BCUT2D eigenvalue weighted by atomic mass is 10.0. The number of fused-ring (bicyclic) bond motifs is 1. The number of anilines is 1. The Bertz CT molecular complexity index is 493. The number of hydrogen-bond donors (Lipinski definition) is 2. The Morgan fingerprint density at radius 1 is 1.61 bits per heavy atom. The first-order valence-electron chi connectivity index (χ1n) is 5.85. The quantitative estimate of drug-likeness (QED) is 0.844. The van der Waals surface area contributed by atoms with Gasteiger partial charge in [-0.3, -0.25) is 4.79 Å². The average molecular weight is 245 g/mol. The summed E-state index contributed by atoms with van der Waals surface area (Å²) in [5.74, 6) is 0.547. The van der Waals surface area contributed by atoms with Crippen molar-refractivity contribution in [1.29, 1.82) is 5.26 Å². The van der Waals surface area contributed by atoms with Gasteiger partial charge >= 0.3 is 0 Å². The molecule has 5 nitrogen and oxygen atoms in total. The van der Waals surface area contributed by atoms with Crippen molar-refractivity contribution in [3.8, 4) is 11.8 Å². The van der Waals surface area contributed by atoms with Crippen LogP contribution in [0.5, 0.6) is 5.75 Å². The first-order valence-corrected chi connectivity index (χ1v) is 5.85. The minimum absolute atomic E-state index is 0.0657. The zero-order valence-electron chi connectivity index (χ0n) is 10.2. The summed E-state index contributed by atoms with van der Waals surface area (Å²) in [4.78, 5) is 11.3. The maximum atomic E-state index is 11.3. The van der Waals surface area contributed by atoms with Crippen LogP contribution < -0.4 is 15.4 Å². The van der Waals surface area contributed by atoms with Crippen molar-refractivity contribution >= 4 is 11.6 Å². The summed E-state index contributed by atoms with van der Waals surface area (Å²) in [5.41, 5.74) is 1.73. The predicted molar refractivity (Wildman–Crippen MR) is 67.2 cm³/mol. The van der Waals surface area contributed by atoms with Gasteiger partial charge in [0.1, 0.15) is 5.75 Å². The molecule has 2 N–H and O–H groups in total. The first-order chi connectivity index (χ1) is 8.74. The highest BCUT2D eigenvalue weighted by Crippen LogP contribution is 2.31. The van der Waals surface area contributed by atoms with Gasteiger partial charge in [-0.2, -0.15) is 5.26 Å². The molecule has 1 unspecified atom stereocenters. The second-order valence-electron chi connectivity index (χ2n) is 4.13. The lowest BCUT2D eigenvalue weighted by Gasteiger charge is -2.21. The number of nitrogens with one attached hydrogen (secondary N) is 2. The minimum Gasteiger partial charge on any atom is -0.482 e. The van der Waals surface area contributed by atoms with E-state index in [2.05, 4.69) is 16.7 Å². The molecule has 94 valence electrons. The number of nitrogens with zero attached hydrogens (tertiary/aromatic N) is 1. The molecular weight excluding hydrogens is 230 g/mol. The summed E-state index contributed by atoms with van der Waals surface area (Å²) in [6.07, 6.45) is 1.23. The molecule has 18 heavy (non-hydrogen) atoms. The van der Waals surface area contributed by atoms with E-state index in [9.17, 15) is 4.79 Å². The molecule has 0 spiro atoms. The van der Waals surface area contributed by atoms with Gasteiger partial charge in [-0.05, 0) is 31.2 Å². The summed E-state index contributed by atoms with van der Waals surface area (Å²) in [6, 6.07) is 7.94. The van der Waals surface area contributed by atoms with Gasteiger partial charge in [0.25, 0.3) is 5.91 Å². The van der Waals surface area contributed by atoms with Gasteiger partial charge in [-0.15, -0.1) is 0 Å². The third-order valence-corrected chi connectivity index (χ3v) is 2.93. The van der Waals surface area contributed by atoms with E-state index < -0.39 is 0 Å². The molecule has 1 amide bonds. The second-order valence-corrected chi connectivity index (χ2v) is 4.13. The van der Waals surface area contributed by atoms with Crippen molar-refractivity contribution in [2.24, 2.45) is 0 Å². The number of rotatable bonds is 4. The first kappa shape index (κ1) is 12.4. The number of ether oxygens (including phenoxy) is 1. The van der Waals surface area contributed by atoms with Gasteiger partial charge in [-0.1, -0.05) is 6.07 Å². The summed E-state index contributed by atoms with van der Waals surface area (Å²) >= 11 is 0. The SMILES string of the molecule is CNC(CCC#N)c1ccc2c(c1)NC(=O)CO2. The second kappa shape index (κ2) is 5.52. The summed E-state index contributed by atoms with van der Waals surface area (Å²) in [6.45, 7) is 0.0657. The highest BCUT2D eigenvalue weighted by Gasteiger charge is 2.18. The Morgan fingerprint density at radius 3 is 3.17 bits per heavy atom. The largest absolute Gasteiger partial charge is 0.482 e. The number of hydrogen-bond acceptors (Lipinski definition) is 4. The van der Waals surface area contributed by atoms with E-state index in [0.29, 0.717) is 17.9 Å². The van der Waals surface area contributed by atoms with E-state index >= 15 is 0 Å². The molecule has 0 saturated heterocycles. The third kappa shape index (κ3) is 2.60. The van der Waals surface area contributed by atoms with E-state index in [1.807, 2.05) is 25.2 Å². The van der Waals surface area contributed by atoms with E-state index in [1.54, 1.807) is 0 Å². The third-order valence-electron chi connectivity index (χ3n) is 2.93. The van der Waals surface area contributed by atoms with Gasteiger partial charge in [0, 0.05) is 12.5 Å². The Hall–Kier alpha value is -2.06. The zero-order chi connectivity index (χ0) is 13.0. The van der Waals surface area contributed by atoms with Crippen LogP contribution in [-0.2, 0) is 4.79 Å². The van der Waals surface area contributed by atoms with Gasteiger partial charge in [-0.25, -0.2) is 0 Å². The number of carbonyl (C=O) groups excluding carboxylic acids is 1. The minimum atomic E-state index is -0.141. The summed E-state index contributed by atoms with van der Waals surface area (Å²) < 4.78 is 5.30. The fraction of sp³-hybridized carbons (Fsp3) is 0.385. The van der Waals surface area contributed by atoms with Crippen LogP contribution in [0.4, 0.5) is 5.69 Å². The molecule has 0 bridgehead atoms. The molecule has 0 fully saturated rings. The standard InChI is InChI=1S/C13H15N3O2/c1-15-10(3-2-6-14)9-4-5-12-11(7-9)16-13(17)8-18-12/h4-5,7,10,15H,2-3,8H2,1H3,(H,16,17). The van der Waals surface area contributed by atoms with Crippen molar-refractivity contribution in [2.75, 3.05) is 19.0 Å². The van der Waals surface area contributed by atoms with Gasteiger partial charge < -0.3 is 15.4 Å². The molecule has 1 aromatic rings. The molecule has 0 radical (unpaired) electrons. The molecule has 1 aromatic carbocycles. The normalized spacial score (nSPS) is 15.0. The van der Waals surface area contributed by atoms with E-state index in [0.717, 1.165) is 12.0 Å². The maximum absolute atomic E-state index is 11.3. The van der Waals surface area contributed by atoms with Crippen molar-refractivity contribution in [3.63, 3.8) is 0 Å². The highest BCUT2D eigenvalue weighted by molar-refractivity contribution is 5.95. The number of carbonyl (C=O) groups is 1. The number of nitriles is 1. The summed E-state index contributed by atoms with van der Waals surface area (Å²) in [5, 5.41) is 14.6. The Labute approximate surface area is 106 Å². The molecule has 2 rings (SSSR count). The van der Waals surface area contributed by atoms with Gasteiger partial charge in [0.05, 0.1) is 11.8 Å². The van der Waals surface area contributed by atoms with Crippen LogP contribution in [0.25, 0.3) is 0 Å². The topological polar surface area (TPSA) is 74.2 Å². The van der Waals surface area contributed by atoms with E-state index in [4.69, 9.17) is 10.00 Å². The van der Waals surface area contributed by atoms with Crippen LogP contribution in [0.15, 0.2) is 18.2 Å². The number of benzene rings is 1. The van der Waals surface area contributed by atoms with Crippen LogP contribution in [0.2, 0.25) is 0 Å². The highest BCUT2D eigenvalue weighted by atomic mass is 16.5. The van der Waals surface area contributed by atoms with E-state index in [-0.39, 0.29) is 18.6 Å². The van der Waals surface area contributed by atoms with Crippen LogP contribution >= 0.6 is 0 Å². The lowest BCUT2D eigenvalue weighted by Crippen LogP contribution is -2.26. The molecule has 0 aliphatic carbocycles. The number of amides is 1. The predicted octanol–water partition coefficient (Wildman–Crippen LogP) is 1.58. The smallest absolute Gasteiger partial charge is 0.262 e. The molecule has 1 aliphatic rings. The molecule has 1 heterocycles. The van der Waals surface area contributed by atoms with Crippen LogP contribution in [-0.4, -0.2) is 19.6 Å². The van der Waals surface area contributed by atoms with Crippen molar-refractivity contribution in [1.82, 2.24) is 5.32 Å². The Kier molecular flexibility index (Phi) is 3.80. The monoisotopic (exact) mass is 245 g/mol. The van der Waals surface area contributed by atoms with Gasteiger partial charge in [0.15, 0.2) is 6.61 Å². The molecule has 0 aromatic heterocycles. The van der Waals surface area contributed by atoms with Crippen LogP contribution in [0, 0.1) is 11.3 Å². The lowest BCUT2D eigenvalue weighted by molar-refractivity contribution is -0.118. The Balaban J connectivity index is 2.21.